The van der Waals surface area contributed by atoms with Gasteiger partial charge < -0.3 is 9.73 Å². The molecule has 122 valence electrons. The molecule has 0 aliphatic rings. The van der Waals surface area contributed by atoms with Gasteiger partial charge >= 0.3 is 0 Å². The Balaban J connectivity index is 2.46. The minimum Gasteiger partial charge on any atom is -0.447 e. The first-order chi connectivity index (χ1) is 9.81. The SMILES string of the molecule is CC(C)CCCNS(=O)(=O)c1ccc(CNCC(C)C)o1. The van der Waals surface area contributed by atoms with Crippen molar-refractivity contribution in [1.82, 2.24) is 10.0 Å². The largest absolute Gasteiger partial charge is 0.447 e. The Hall–Kier alpha value is -0.850. The van der Waals surface area contributed by atoms with Crippen molar-refractivity contribution in [2.75, 3.05) is 13.1 Å². The van der Waals surface area contributed by atoms with Crippen LogP contribution in [0.2, 0.25) is 0 Å². The molecule has 5 nitrogen and oxygen atoms in total. The van der Waals surface area contributed by atoms with E-state index in [-0.39, 0.29) is 5.09 Å². The maximum Gasteiger partial charge on any atom is 0.273 e. The van der Waals surface area contributed by atoms with E-state index in [0.29, 0.717) is 30.7 Å². The van der Waals surface area contributed by atoms with Crippen LogP contribution in [0.4, 0.5) is 0 Å². The zero-order valence-corrected chi connectivity index (χ0v) is 14.3. The van der Waals surface area contributed by atoms with Crippen LogP contribution in [-0.4, -0.2) is 21.5 Å². The van der Waals surface area contributed by atoms with E-state index >= 15 is 0 Å². The van der Waals surface area contributed by atoms with Crippen LogP contribution in [0.25, 0.3) is 0 Å². The monoisotopic (exact) mass is 316 g/mol. The average molecular weight is 316 g/mol. The molecule has 0 aromatic carbocycles. The number of sulfonamides is 1. The maximum absolute atomic E-state index is 12.0. The van der Waals surface area contributed by atoms with E-state index in [1.165, 1.54) is 6.07 Å². The van der Waals surface area contributed by atoms with Crippen LogP contribution in [0.3, 0.4) is 0 Å². The summed E-state index contributed by atoms with van der Waals surface area (Å²) in [6.45, 7) is 10.3. The highest BCUT2D eigenvalue weighted by Gasteiger charge is 2.18. The summed E-state index contributed by atoms with van der Waals surface area (Å²) in [6, 6.07) is 3.22. The van der Waals surface area contributed by atoms with Crippen molar-refractivity contribution in [3.8, 4) is 0 Å². The molecule has 0 atom stereocenters. The van der Waals surface area contributed by atoms with Crippen molar-refractivity contribution in [2.45, 2.75) is 52.2 Å². The van der Waals surface area contributed by atoms with Crippen LogP contribution in [0, 0.1) is 11.8 Å². The molecule has 0 aliphatic carbocycles. The van der Waals surface area contributed by atoms with E-state index in [9.17, 15) is 8.42 Å². The van der Waals surface area contributed by atoms with Crippen molar-refractivity contribution in [2.24, 2.45) is 11.8 Å². The first-order valence-corrected chi connectivity index (χ1v) is 9.08. The van der Waals surface area contributed by atoms with Gasteiger partial charge in [-0.1, -0.05) is 27.7 Å². The summed E-state index contributed by atoms with van der Waals surface area (Å²) in [5.41, 5.74) is 0. The summed E-state index contributed by atoms with van der Waals surface area (Å²) >= 11 is 0. The topological polar surface area (TPSA) is 71.3 Å². The lowest BCUT2D eigenvalue weighted by molar-refractivity contribution is 0.394. The molecule has 6 heteroatoms. The number of hydrogen-bond acceptors (Lipinski definition) is 4. The van der Waals surface area contributed by atoms with Gasteiger partial charge in [0.1, 0.15) is 5.76 Å². The van der Waals surface area contributed by atoms with Crippen molar-refractivity contribution >= 4 is 10.0 Å². The van der Waals surface area contributed by atoms with Gasteiger partial charge in [-0.3, -0.25) is 0 Å². The molecule has 1 heterocycles. The van der Waals surface area contributed by atoms with Crippen LogP contribution in [0.5, 0.6) is 0 Å². The smallest absolute Gasteiger partial charge is 0.273 e. The summed E-state index contributed by atoms with van der Waals surface area (Å²) in [4.78, 5) is 0. The van der Waals surface area contributed by atoms with Gasteiger partial charge in [-0.15, -0.1) is 0 Å². The minimum absolute atomic E-state index is 0.00612. The molecule has 1 aromatic rings. The fraction of sp³-hybridized carbons (Fsp3) is 0.733. The van der Waals surface area contributed by atoms with Crippen LogP contribution in [0.1, 0.15) is 46.3 Å². The van der Waals surface area contributed by atoms with Gasteiger partial charge in [0, 0.05) is 6.54 Å². The highest BCUT2D eigenvalue weighted by atomic mass is 32.2. The summed E-state index contributed by atoms with van der Waals surface area (Å²) < 4.78 is 32.1. The molecule has 0 saturated carbocycles. The van der Waals surface area contributed by atoms with Gasteiger partial charge in [-0.25, -0.2) is 13.1 Å². The van der Waals surface area contributed by atoms with Gasteiger partial charge in [0.05, 0.1) is 6.54 Å². The van der Waals surface area contributed by atoms with E-state index in [2.05, 4.69) is 37.7 Å². The molecule has 21 heavy (non-hydrogen) atoms. The average Bonchev–Trinajstić information content (AvgIpc) is 2.83. The molecule has 0 saturated heterocycles. The van der Waals surface area contributed by atoms with Crippen LogP contribution >= 0.6 is 0 Å². The first-order valence-electron chi connectivity index (χ1n) is 7.60. The van der Waals surface area contributed by atoms with E-state index in [4.69, 9.17) is 4.42 Å². The summed E-state index contributed by atoms with van der Waals surface area (Å²) in [7, 11) is -3.52. The molecular formula is C15H28N2O3S. The number of nitrogens with one attached hydrogen (secondary N) is 2. The molecule has 0 amide bonds. The fourth-order valence-corrected chi connectivity index (χ4v) is 2.89. The molecule has 0 spiro atoms. The molecule has 2 N–H and O–H groups in total. The third-order valence-corrected chi connectivity index (χ3v) is 4.34. The van der Waals surface area contributed by atoms with Gasteiger partial charge in [-0.05, 0) is 43.4 Å². The molecule has 0 radical (unpaired) electrons. The Morgan fingerprint density at radius 2 is 1.86 bits per heavy atom. The van der Waals surface area contributed by atoms with Gasteiger partial charge in [0.15, 0.2) is 0 Å². The zero-order valence-electron chi connectivity index (χ0n) is 13.5. The Bertz CT molecular complexity index is 507. The van der Waals surface area contributed by atoms with Gasteiger partial charge in [0.25, 0.3) is 10.0 Å². The molecular weight excluding hydrogens is 288 g/mol. The van der Waals surface area contributed by atoms with E-state index in [1.807, 2.05) is 0 Å². The van der Waals surface area contributed by atoms with Crippen LogP contribution < -0.4 is 10.0 Å². The van der Waals surface area contributed by atoms with Gasteiger partial charge in [-0.2, -0.15) is 0 Å². The standard InChI is InChI=1S/C15H28N2O3S/c1-12(2)6-5-9-17-21(18,19)15-8-7-14(20-15)11-16-10-13(3)4/h7-8,12-13,16-17H,5-6,9-11H2,1-4H3. The second kappa shape index (κ2) is 8.56. The van der Waals surface area contributed by atoms with Gasteiger partial charge in [0.2, 0.25) is 5.09 Å². The minimum atomic E-state index is -3.52. The second-order valence-corrected chi connectivity index (χ2v) is 7.88. The van der Waals surface area contributed by atoms with Crippen LogP contribution in [-0.2, 0) is 16.6 Å². The first kappa shape index (κ1) is 18.2. The normalized spacial score (nSPS) is 12.5. The lowest BCUT2D eigenvalue weighted by Crippen LogP contribution is -2.24. The molecule has 1 rings (SSSR count). The van der Waals surface area contributed by atoms with Crippen molar-refractivity contribution in [3.05, 3.63) is 17.9 Å². The van der Waals surface area contributed by atoms with E-state index in [0.717, 1.165) is 19.4 Å². The Labute approximate surface area is 128 Å². The summed E-state index contributed by atoms with van der Waals surface area (Å²) in [5, 5.41) is 3.22. The third kappa shape index (κ3) is 7.11. The second-order valence-electron chi connectivity index (χ2n) is 6.18. The Kier molecular flexibility index (Phi) is 7.42. The Morgan fingerprint density at radius 3 is 2.48 bits per heavy atom. The van der Waals surface area contributed by atoms with E-state index < -0.39 is 10.0 Å². The Morgan fingerprint density at radius 1 is 1.14 bits per heavy atom. The fourth-order valence-electron chi connectivity index (χ4n) is 1.87. The molecule has 0 aliphatic heterocycles. The maximum atomic E-state index is 12.0. The highest BCUT2D eigenvalue weighted by molar-refractivity contribution is 7.89. The van der Waals surface area contributed by atoms with Crippen molar-refractivity contribution in [3.63, 3.8) is 0 Å². The summed E-state index contributed by atoms with van der Waals surface area (Å²) in [6.07, 6.45) is 1.84. The number of rotatable bonds is 10. The van der Waals surface area contributed by atoms with E-state index in [1.54, 1.807) is 6.07 Å². The van der Waals surface area contributed by atoms with Crippen molar-refractivity contribution < 1.29 is 12.8 Å². The predicted octanol–water partition coefficient (Wildman–Crippen LogP) is 2.74. The molecule has 0 fully saturated rings. The van der Waals surface area contributed by atoms with Crippen molar-refractivity contribution in [1.29, 1.82) is 0 Å². The quantitative estimate of drug-likeness (QED) is 0.651. The van der Waals surface area contributed by atoms with Crippen LogP contribution in [0.15, 0.2) is 21.6 Å². The molecule has 1 aromatic heterocycles. The lowest BCUT2D eigenvalue weighted by Gasteiger charge is -2.06. The highest BCUT2D eigenvalue weighted by Crippen LogP contribution is 2.14. The number of furan rings is 1. The predicted molar refractivity (Wildman–Crippen MR) is 84.5 cm³/mol. The number of hydrogen-bond donors (Lipinski definition) is 2. The molecule has 0 unspecified atom stereocenters. The molecule has 0 bridgehead atoms. The zero-order chi connectivity index (χ0) is 15.9. The third-order valence-electron chi connectivity index (χ3n) is 3.00. The lowest BCUT2D eigenvalue weighted by atomic mass is 10.1. The summed E-state index contributed by atoms with van der Waals surface area (Å²) in [5.74, 6) is 1.76.